The second kappa shape index (κ2) is 5.88. The normalized spacial score (nSPS) is 23.1. The van der Waals surface area contributed by atoms with Crippen molar-refractivity contribution in [1.82, 2.24) is 4.90 Å². The van der Waals surface area contributed by atoms with Crippen LogP contribution in [0.4, 0.5) is 0 Å². The molecule has 0 amide bonds. The van der Waals surface area contributed by atoms with Crippen LogP contribution < -0.4 is 0 Å². The Labute approximate surface area is 125 Å². The third-order valence-electron chi connectivity index (χ3n) is 4.16. The van der Waals surface area contributed by atoms with Gasteiger partial charge in [-0.25, -0.2) is 0 Å². The molecule has 2 heterocycles. The van der Waals surface area contributed by atoms with E-state index >= 15 is 0 Å². The van der Waals surface area contributed by atoms with Crippen LogP contribution in [0.1, 0.15) is 23.3 Å². The SMILES string of the molecule is Cc1ccccc1[C@@]1(O)CCN(C/C=C/c2ccco2)C1. The van der Waals surface area contributed by atoms with Crippen LogP contribution in [-0.4, -0.2) is 29.6 Å². The topological polar surface area (TPSA) is 36.6 Å². The summed E-state index contributed by atoms with van der Waals surface area (Å²) in [5.74, 6) is 0.864. The predicted octanol–water partition coefficient (Wildman–Crippen LogP) is 3.19. The quantitative estimate of drug-likeness (QED) is 0.936. The molecule has 3 nitrogen and oxygen atoms in total. The number of furan rings is 1. The Morgan fingerprint density at radius 2 is 2.14 bits per heavy atom. The smallest absolute Gasteiger partial charge is 0.126 e. The van der Waals surface area contributed by atoms with Crippen molar-refractivity contribution in [3.8, 4) is 0 Å². The zero-order valence-corrected chi connectivity index (χ0v) is 12.3. The molecule has 1 aromatic carbocycles. The van der Waals surface area contributed by atoms with Gasteiger partial charge < -0.3 is 9.52 Å². The fraction of sp³-hybridized carbons (Fsp3) is 0.333. The molecule has 1 aliphatic rings. The van der Waals surface area contributed by atoms with Gasteiger partial charge >= 0.3 is 0 Å². The van der Waals surface area contributed by atoms with Crippen molar-refractivity contribution in [1.29, 1.82) is 0 Å². The fourth-order valence-corrected chi connectivity index (χ4v) is 3.05. The van der Waals surface area contributed by atoms with Crippen molar-refractivity contribution in [2.24, 2.45) is 0 Å². The van der Waals surface area contributed by atoms with Crippen LogP contribution in [0.3, 0.4) is 0 Å². The Kier molecular flexibility index (Phi) is 3.95. The summed E-state index contributed by atoms with van der Waals surface area (Å²) in [6, 6.07) is 11.9. The van der Waals surface area contributed by atoms with Gasteiger partial charge in [0.2, 0.25) is 0 Å². The maximum Gasteiger partial charge on any atom is 0.126 e. The van der Waals surface area contributed by atoms with Gasteiger partial charge in [-0.15, -0.1) is 0 Å². The lowest BCUT2D eigenvalue weighted by Gasteiger charge is -2.25. The molecular formula is C18H21NO2. The molecule has 3 heteroatoms. The van der Waals surface area contributed by atoms with Crippen LogP contribution in [0.15, 0.2) is 53.2 Å². The second-order valence-corrected chi connectivity index (χ2v) is 5.75. The van der Waals surface area contributed by atoms with Crippen LogP contribution in [0, 0.1) is 6.92 Å². The molecule has 0 radical (unpaired) electrons. The second-order valence-electron chi connectivity index (χ2n) is 5.75. The number of hydrogen-bond donors (Lipinski definition) is 1. The number of hydrogen-bond acceptors (Lipinski definition) is 3. The van der Waals surface area contributed by atoms with E-state index in [9.17, 15) is 5.11 Å². The number of aliphatic hydroxyl groups is 1. The third-order valence-corrected chi connectivity index (χ3v) is 4.16. The molecule has 1 fully saturated rings. The van der Waals surface area contributed by atoms with E-state index in [-0.39, 0.29) is 0 Å². The molecule has 3 rings (SSSR count). The van der Waals surface area contributed by atoms with E-state index in [1.807, 2.05) is 36.4 Å². The molecule has 1 N–H and O–H groups in total. The van der Waals surface area contributed by atoms with Crippen LogP contribution in [0.25, 0.3) is 6.08 Å². The van der Waals surface area contributed by atoms with E-state index in [0.29, 0.717) is 6.54 Å². The van der Waals surface area contributed by atoms with Gasteiger partial charge in [-0.05, 0) is 42.7 Å². The number of β-amino-alcohol motifs (C(OH)–C–C–N with tert-alkyl or cyclic N) is 1. The number of benzene rings is 1. The highest BCUT2D eigenvalue weighted by Crippen LogP contribution is 2.33. The summed E-state index contributed by atoms with van der Waals surface area (Å²) in [5.41, 5.74) is 1.50. The van der Waals surface area contributed by atoms with Gasteiger partial charge in [0, 0.05) is 19.6 Å². The Balaban J connectivity index is 1.64. The van der Waals surface area contributed by atoms with Crippen molar-refractivity contribution in [2.45, 2.75) is 18.9 Å². The van der Waals surface area contributed by atoms with Crippen LogP contribution in [0.2, 0.25) is 0 Å². The first-order valence-electron chi connectivity index (χ1n) is 7.38. The van der Waals surface area contributed by atoms with Crippen LogP contribution in [0.5, 0.6) is 0 Å². The number of likely N-dealkylation sites (tertiary alicyclic amines) is 1. The van der Waals surface area contributed by atoms with E-state index in [2.05, 4.69) is 24.0 Å². The Morgan fingerprint density at radius 3 is 2.90 bits per heavy atom. The number of rotatable bonds is 4. The van der Waals surface area contributed by atoms with Crippen molar-refractivity contribution < 1.29 is 9.52 Å². The predicted molar refractivity (Wildman–Crippen MR) is 83.9 cm³/mol. The molecule has 1 saturated heterocycles. The summed E-state index contributed by atoms with van der Waals surface area (Å²) in [4.78, 5) is 2.27. The van der Waals surface area contributed by atoms with Gasteiger partial charge in [0.1, 0.15) is 11.4 Å². The molecular weight excluding hydrogens is 262 g/mol. The van der Waals surface area contributed by atoms with E-state index in [4.69, 9.17) is 4.42 Å². The van der Waals surface area contributed by atoms with Gasteiger partial charge in [-0.1, -0.05) is 30.3 Å². The van der Waals surface area contributed by atoms with Crippen LogP contribution in [-0.2, 0) is 5.60 Å². The molecule has 1 aromatic heterocycles. The van der Waals surface area contributed by atoms with Gasteiger partial charge in [0.05, 0.1) is 6.26 Å². The fourth-order valence-electron chi connectivity index (χ4n) is 3.05. The third kappa shape index (κ3) is 3.09. The largest absolute Gasteiger partial charge is 0.465 e. The van der Waals surface area contributed by atoms with E-state index in [1.54, 1.807) is 6.26 Å². The summed E-state index contributed by atoms with van der Waals surface area (Å²) >= 11 is 0. The lowest BCUT2D eigenvalue weighted by molar-refractivity contribution is 0.0468. The van der Waals surface area contributed by atoms with Crippen molar-refractivity contribution >= 4 is 6.08 Å². The van der Waals surface area contributed by atoms with E-state index in [0.717, 1.165) is 36.4 Å². The number of aryl methyl sites for hydroxylation is 1. The molecule has 0 bridgehead atoms. The van der Waals surface area contributed by atoms with Gasteiger partial charge in [0.25, 0.3) is 0 Å². The van der Waals surface area contributed by atoms with E-state index in [1.165, 1.54) is 0 Å². The lowest BCUT2D eigenvalue weighted by Crippen LogP contribution is -2.31. The molecule has 0 aliphatic carbocycles. The summed E-state index contributed by atoms with van der Waals surface area (Å²) in [7, 11) is 0. The first kappa shape index (κ1) is 14.1. The summed E-state index contributed by atoms with van der Waals surface area (Å²) in [6.07, 6.45) is 6.52. The molecule has 2 aromatic rings. The molecule has 21 heavy (non-hydrogen) atoms. The van der Waals surface area contributed by atoms with Crippen LogP contribution >= 0.6 is 0 Å². The van der Waals surface area contributed by atoms with Gasteiger partial charge in [-0.3, -0.25) is 4.90 Å². The van der Waals surface area contributed by atoms with Gasteiger partial charge in [0.15, 0.2) is 0 Å². The molecule has 1 atom stereocenters. The Morgan fingerprint density at radius 1 is 1.29 bits per heavy atom. The minimum Gasteiger partial charge on any atom is -0.465 e. The van der Waals surface area contributed by atoms with E-state index < -0.39 is 5.60 Å². The zero-order chi connectivity index (χ0) is 14.7. The highest BCUT2D eigenvalue weighted by molar-refractivity contribution is 5.42. The van der Waals surface area contributed by atoms with Crippen molar-refractivity contribution in [3.63, 3.8) is 0 Å². The first-order chi connectivity index (χ1) is 10.2. The molecule has 0 saturated carbocycles. The zero-order valence-electron chi connectivity index (χ0n) is 12.3. The van der Waals surface area contributed by atoms with Crippen molar-refractivity contribution in [2.75, 3.05) is 19.6 Å². The highest BCUT2D eigenvalue weighted by Gasteiger charge is 2.37. The minimum absolute atomic E-state index is 0.681. The molecule has 1 aliphatic heterocycles. The Hall–Kier alpha value is -1.84. The standard InChI is InChI=1S/C18H21NO2/c1-15-6-2-3-9-17(15)18(20)10-12-19(14-18)11-4-7-16-8-5-13-21-16/h2-9,13,20H,10-12,14H2,1H3/b7-4+/t18-/m1/s1. The average molecular weight is 283 g/mol. The maximum absolute atomic E-state index is 10.9. The highest BCUT2D eigenvalue weighted by atomic mass is 16.3. The van der Waals surface area contributed by atoms with Crippen molar-refractivity contribution in [3.05, 3.63) is 65.6 Å². The summed E-state index contributed by atoms with van der Waals surface area (Å²) in [6.45, 7) is 4.48. The molecule has 0 unspecified atom stereocenters. The Bertz CT molecular complexity index is 618. The summed E-state index contributed by atoms with van der Waals surface area (Å²) in [5, 5.41) is 10.9. The summed E-state index contributed by atoms with van der Waals surface area (Å²) < 4.78 is 5.27. The lowest BCUT2D eigenvalue weighted by atomic mass is 9.89. The average Bonchev–Trinajstić information content (AvgIpc) is 3.10. The molecule has 0 spiro atoms. The van der Waals surface area contributed by atoms with Gasteiger partial charge in [-0.2, -0.15) is 0 Å². The number of nitrogens with zero attached hydrogens (tertiary/aromatic N) is 1. The molecule has 110 valence electrons. The maximum atomic E-state index is 10.9. The minimum atomic E-state index is -0.718. The first-order valence-corrected chi connectivity index (χ1v) is 7.38. The monoisotopic (exact) mass is 283 g/mol.